The van der Waals surface area contributed by atoms with Crippen LogP contribution in [0.15, 0.2) is 42.5 Å². The number of carbonyl (C=O) groups excluding carboxylic acids is 1. The Balaban J connectivity index is 1.69. The smallest absolute Gasteiger partial charge is 0.326 e. The van der Waals surface area contributed by atoms with Gasteiger partial charge in [0.05, 0.1) is 10.0 Å². The van der Waals surface area contributed by atoms with Crippen molar-refractivity contribution in [2.45, 2.75) is 12.5 Å². The van der Waals surface area contributed by atoms with E-state index in [4.69, 9.17) is 32.7 Å². The van der Waals surface area contributed by atoms with Gasteiger partial charge in [0, 0.05) is 23.1 Å². The van der Waals surface area contributed by atoms with E-state index in [9.17, 15) is 27.9 Å². The van der Waals surface area contributed by atoms with Crippen molar-refractivity contribution in [3.8, 4) is 22.6 Å². The van der Waals surface area contributed by atoms with E-state index in [-0.39, 0.29) is 41.2 Å². The molecule has 11 heteroatoms. The van der Waals surface area contributed by atoms with E-state index in [1.807, 2.05) is 0 Å². The fourth-order valence-electron chi connectivity index (χ4n) is 3.71. The highest BCUT2D eigenvalue weighted by molar-refractivity contribution is 6.39. The van der Waals surface area contributed by atoms with Crippen molar-refractivity contribution < 1.29 is 37.3 Å². The third-order valence-corrected chi connectivity index (χ3v) is 5.86. The zero-order valence-electron chi connectivity index (χ0n) is 17.7. The number of carboxylic acid groups (broad SMARTS) is 1. The number of amides is 1. The first-order valence-corrected chi connectivity index (χ1v) is 11.0. The number of rotatable bonds is 6. The van der Waals surface area contributed by atoms with Gasteiger partial charge < -0.3 is 19.9 Å². The minimum atomic E-state index is -1.56. The number of hydrogen-bond donors (Lipinski definition) is 2. The van der Waals surface area contributed by atoms with Crippen LogP contribution in [0, 0.1) is 17.5 Å². The van der Waals surface area contributed by atoms with Gasteiger partial charge in [-0.3, -0.25) is 4.79 Å². The number of nitrogens with one attached hydrogen (secondary N) is 1. The minimum absolute atomic E-state index is 0.0294. The Morgan fingerprint density at radius 1 is 0.971 bits per heavy atom. The number of carbonyl (C=O) groups is 2. The van der Waals surface area contributed by atoms with Crippen molar-refractivity contribution in [3.63, 3.8) is 0 Å². The maximum Gasteiger partial charge on any atom is 0.326 e. The molecule has 4 rings (SSSR count). The summed E-state index contributed by atoms with van der Waals surface area (Å²) >= 11 is 12.4. The first-order valence-electron chi connectivity index (χ1n) is 10.2. The standard InChI is InChI=1S/C24H16Cl2F3NO5/c25-14-9-12(27)10-15(26)19(14)13-5-4-11(21-22(13)35-7-6-34-21)8-18(24(32)33)30-23(31)20-16(28)2-1-3-17(20)29/h1-5,9-10,18H,6-8H2,(H,30,31)(H,32,33)/t18-/m0/s1. The van der Waals surface area contributed by atoms with Crippen LogP contribution in [-0.2, 0) is 11.2 Å². The number of benzene rings is 3. The van der Waals surface area contributed by atoms with Gasteiger partial charge in [0.15, 0.2) is 11.5 Å². The van der Waals surface area contributed by atoms with Crippen LogP contribution in [0.3, 0.4) is 0 Å². The summed E-state index contributed by atoms with van der Waals surface area (Å²) in [5.74, 6) is -5.15. The second-order valence-corrected chi connectivity index (χ2v) is 8.35. The van der Waals surface area contributed by atoms with Gasteiger partial charge in [-0.25, -0.2) is 18.0 Å². The van der Waals surface area contributed by atoms with Crippen LogP contribution in [0.5, 0.6) is 11.5 Å². The molecule has 1 aliphatic heterocycles. The van der Waals surface area contributed by atoms with Crippen molar-refractivity contribution in [1.29, 1.82) is 0 Å². The molecular formula is C24H16Cl2F3NO5. The van der Waals surface area contributed by atoms with Crippen LogP contribution in [-0.4, -0.2) is 36.2 Å². The summed E-state index contributed by atoms with van der Waals surface area (Å²) in [6, 6.07) is 6.55. The Morgan fingerprint density at radius 3 is 2.17 bits per heavy atom. The summed E-state index contributed by atoms with van der Waals surface area (Å²) in [5, 5.41) is 11.9. The molecule has 1 heterocycles. The zero-order valence-corrected chi connectivity index (χ0v) is 19.2. The lowest BCUT2D eigenvalue weighted by Crippen LogP contribution is -2.43. The Hall–Kier alpha value is -3.43. The number of hydrogen-bond acceptors (Lipinski definition) is 4. The quantitative estimate of drug-likeness (QED) is 0.457. The molecular weight excluding hydrogens is 510 g/mol. The Labute approximate surface area is 207 Å². The second-order valence-electron chi connectivity index (χ2n) is 7.54. The van der Waals surface area contributed by atoms with Crippen molar-refractivity contribution in [1.82, 2.24) is 5.32 Å². The van der Waals surface area contributed by atoms with Crippen LogP contribution in [0.4, 0.5) is 13.2 Å². The molecule has 0 saturated carbocycles. The highest BCUT2D eigenvalue weighted by Gasteiger charge is 2.29. The molecule has 0 bridgehead atoms. The van der Waals surface area contributed by atoms with E-state index < -0.39 is 40.9 Å². The first kappa shape index (κ1) is 24.7. The van der Waals surface area contributed by atoms with Crippen LogP contribution >= 0.6 is 23.2 Å². The Bertz CT molecular complexity index is 1290. The van der Waals surface area contributed by atoms with Gasteiger partial charge in [-0.05, 0) is 30.3 Å². The maximum absolute atomic E-state index is 14.0. The van der Waals surface area contributed by atoms with Crippen LogP contribution < -0.4 is 14.8 Å². The van der Waals surface area contributed by atoms with Gasteiger partial charge in [0.1, 0.15) is 42.3 Å². The summed E-state index contributed by atoms with van der Waals surface area (Å²) in [6.07, 6.45) is -0.298. The molecule has 0 aliphatic carbocycles. The lowest BCUT2D eigenvalue weighted by atomic mass is 9.97. The van der Waals surface area contributed by atoms with E-state index in [1.54, 1.807) is 6.07 Å². The van der Waals surface area contributed by atoms with Gasteiger partial charge in [0.25, 0.3) is 5.91 Å². The van der Waals surface area contributed by atoms with E-state index in [2.05, 4.69) is 5.32 Å². The fraction of sp³-hybridized carbons (Fsp3) is 0.167. The molecule has 0 radical (unpaired) electrons. The van der Waals surface area contributed by atoms with Crippen molar-refractivity contribution in [3.05, 3.63) is 81.1 Å². The van der Waals surface area contributed by atoms with E-state index >= 15 is 0 Å². The third kappa shape index (κ3) is 5.01. The van der Waals surface area contributed by atoms with Gasteiger partial charge in [0.2, 0.25) is 0 Å². The molecule has 182 valence electrons. The number of carboxylic acids is 1. The largest absolute Gasteiger partial charge is 0.486 e. The molecule has 1 amide bonds. The number of halogens is 5. The molecule has 3 aromatic rings. The molecule has 1 atom stereocenters. The van der Waals surface area contributed by atoms with Crippen molar-refractivity contribution in [2.75, 3.05) is 13.2 Å². The van der Waals surface area contributed by atoms with E-state index in [0.717, 1.165) is 30.3 Å². The summed E-state index contributed by atoms with van der Waals surface area (Å²) in [4.78, 5) is 24.3. The molecule has 0 unspecified atom stereocenters. The first-order chi connectivity index (χ1) is 16.7. The lowest BCUT2D eigenvalue weighted by Gasteiger charge is -2.25. The summed E-state index contributed by atoms with van der Waals surface area (Å²) in [6.45, 7) is 0.324. The predicted octanol–water partition coefficient (Wildman–Crippen LogP) is 5.27. The van der Waals surface area contributed by atoms with Gasteiger partial charge >= 0.3 is 5.97 Å². The summed E-state index contributed by atoms with van der Waals surface area (Å²) in [7, 11) is 0. The molecule has 0 saturated heterocycles. The Morgan fingerprint density at radius 2 is 1.57 bits per heavy atom. The topological polar surface area (TPSA) is 84.9 Å². The SMILES string of the molecule is O=C(N[C@@H](Cc1ccc(-c2c(Cl)cc(F)cc2Cl)c2c1OCCO2)C(=O)O)c1c(F)cccc1F. The Kier molecular flexibility index (Phi) is 7.09. The average Bonchev–Trinajstić information content (AvgIpc) is 2.79. The number of ether oxygens (including phenoxy) is 2. The average molecular weight is 526 g/mol. The molecule has 35 heavy (non-hydrogen) atoms. The molecule has 0 spiro atoms. The monoisotopic (exact) mass is 525 g/mol. The van der Waals surface area contributed by atoms with Gasteiger partial charge in [-0.2, -0.15) is 0 Å². The molecule has 2 N–H and O–H groups in total. The minimum Gasteiger partial charge on any atom is -0.486 e. The highest BCUT2D eigenvalue weighted by Crippen LogP contribution is 2.47. The second kappa shape index (κ2) is 10.1. The summed E-state index contributed by atoms with van der Waals surface area (Å²) in [5.41, 5.74) is 0.125. The van der Waals surface area contributed by atoms with Gasteiger partial charge in [-0.1, -0.05) is 35.3 Å². The molecule has 6 nitrogen and oxygen atoms in total. The molecule has 1 aliphatic rings. The van der Waals surface area contributed by atoms with Crippen molar-refractivity contribution >= 4 is 35.1 Å². The predicted molar refractivity (Wildman–Crippen MR) is 122 cm³/mol. The van der Waals surface area contributed by atoms with Gasteiger partial charge in [-0.15, -0.1) is 0 Å². The lowest BCUT2D eigenvalue weighted by molar-refractivity contribution is -0.139. The number of fused-ring (bicyclic) bond motifs is 1. The van der Waals surface area contributed by atoms with Crippen LogP contribution in [0.25, 0.3) is 11.1 Å². The van der Waals surface area contributed by atoms with E-state index in [0.29, 0.717) is 16.7 Å². The van der Waals surface area contributed by atoms with Crippen LogP contribution in [0.1, 0.15) is 15.9 Å². The highest BCUT2D eigenvalue weighted by atomic mass is 35.5. The third-order valence-electron chi connectivity index (χ3n) is 5.26. The molecule has 3 aromatic carbocycles. The van der Waals surface area contributed by atoms with E-state index in [1.165, 1.54) is 6.07 Å². The normalized spacial score (nSPS) is 13.3. The van der Waals surface area contributed by atoms with Crippen LogP contribution in [0.2, 0.25) is 10.0 Å². The molecule has 0 aromatic heterocycles. The molecule has 0 fully saturated rings. The number of aliphatic carboxylic acids is 1. The summed E-state index contributed by atoms with van der Waals surface area (Å²) < 4.78 is 53.1. The van der Waals surface area contributed by atoms with Crippen molar-refractivity contribution in [2.24, 2.45) is 0 Å². The zero-order chi connectivity index (χ0) is 25.3. The maximum atomic E-state index is 14.0. The fourth-order valence-corrected chi connectivity index (χ4v) is 4.38.